The van der Waals surface area contributed by atoms with Crippen molar-refractivity contribution < 1.29 is 4.74 Å². The van der Waals surface area contributed by atoms with Crippen LogP contribution in [0, 0.1) is 0 Å². The first-order chi connectivity index (χ1) is 18.1. The maximum absolute atomic E-state index is 13.7. The van der Waals surface area contributed by atoms with Crippen molar-refractivity contribution in [3.8, 4) is 22.8 Å². The van der Waals surface area contributed by atoms with Crippen LogP contribution in [0.15, 0.2) is 113 Å². The minimum atomic E-state index is -0.312. The van der Waals surface area contributed by atoms with Gasteiger partial charge in [0.15, 0.2) is 5.82 Å². The standard InChI is InChI=1S/C29H21N5O3/c1-37-21-17-15-20(16-18-21)33-27(35)22-11-5-8-14-25(22)31-29(33)32-34-26(19-9-3-2-4-10-19)30-24-13-7-6-12-23(24)28(34)36/h2-18H,1H3,(H,31,32). The number of hydrogen-bond donors (Lipinski definition) is 1. The van der Waals surface area contributed by atoms with Gasteiger partial charge in [-0.25, -0.2) is 14.5 Å². The molecule has 0 spiro atoms. The summed E-state index contributed by atoms with van der Waals surface area (Å²) in [5.41, 5.74) is 4.91. The predicted molar refractivity (Wildman–Crippen MR) is 144 cm³/mol. The summed E-state index contributed by atoms with van der Waals surface area (Å²) in [6.07, 6.45) is 0. The molecule has 4 aromatic carbocycles. The van der Waals surface area contributed by atoms with Gasteiger partial charge in [-0.1, -0.05) is 54.6 Å². The van der Waals surface area contributed by atoms with Gasteiger partial charge in [0.25, 0.3) is 11.1 Å². The van der Waals surface area contributed by atoms with Gasteiger partial charge in [0, 0.05) is 5.56 Å². The Kier molecular flexibility index (Phi) is 5.46. The number of aromatic nitrogens is 4. The maximum atomic E-state index is 13.7. The van der Waals surface area contributed by atoms with Crippen molar-refractivity contribution in [1.82, 2.24) is 19.2 Å². The third-order valence-electron chi connectivity index (χ3n) is 6.13. The summed E-state index contributed by atoms with van der Waals surface area (Å²) in [6.45, 7) is 0. The first-order valence-electron chi connectivity index (χ1n) is 11.6. The molecule has 0 atom stereocenters. The Labute approximate surface area is 211 Å². The molecular formula is C29H21N5O3. The van der Waals surface area contributed by atoms with Crippen LogP contribution in [0.5, 0.6) is 5.75 Å². The van der Waals surface area contributed by atoms with Crippen LogP contribution in [0.2, 0.25) is 0 Å². The molecule has 1 N–H and O–H groups in total. The van der Waals surface area contributed by atoms with Crippen LogP contribution in [-0.4, -0.2) is 26.3 Å². The lowest BCUT2D eigenvalue weighted by molar-refractivity contribution is 0.414. The molecule has 0 unspecified atom stereocenters. The number of para-hydroxylation sites is 2. The molecule has 8 heteroatoms. The third kappa shape index (κ3) is 3.90. The summed E-state index contributed by atoms with van der Waals surface area (Å²) in [5, 5.41) is 0.893. The Morgan fingerprint density at radius 3 is 1.95 bits per heavy atom. The number of fused-ring (bicyclic) bond motifs is 2. The molecule has 0 saturated carbocycles. The van der Waals surface area contributed by atoms with Crippen LogP contribution in [-0.2, 0) is 0 Å². The van der Waals surface area contributed by atoms with Crippen LogP contribution < -0.4 is 21.3 Å². The Bertz CT molecular complexity index is 1880. The van der Waals surface area contributed by atoms with E-state index in [1.54, 1.807) is 67.8 Å². The second kappa shape index (κ2) is 9.09. The van der Waals surface area contributed by atoms with E-state index in [0.717, 1.165) is 5.56 Å². The summed E-state index contributed by atoms with van der Waals surface area (Å²) in [4.78, 5) is 37.0. The molecule has 180 valence electrons. The van der Waals surface area contributed by atoms with Crippen molar-refractivity contribution in [3.05, 3.63) is 124 Å². The Balaban J connectivity index is 1.63. The molecule has 8 nitrogen and oxygen atoms in total. The topological polar surface area (TPSA) is 91.0 Å². The fraction of sp³-hybridized carbons (Fsp3) is 0.0345. The minimum absolute atomic E-state index is 0.172. The van der Waals surface area contributed by atoms with Crippen molar-refractivity contribution in [3.63, 3.8) is 0 Å². The summed E-state index contributed by atoms with van der Waals surface area (Å²) < 4.78 is 8.06. The summed E-state index contributed by atoms with van der Waals surface area (Å²) in [6, 6.07) is 30.7. The molecule has 0 bridgehead atoms. The van der Waals surface area contributed by atoms with Gasteiger partial charge >= 0.3 is 0 Å². The molecule has 0 aliphatic heterocycles. The van der Waals surface area contributed by atoms with Crippen LogP contribution in [0.25, 0.3) is 38.9 Å². The highest BCUT2D eigenvalue weighted by Crippen LogP contribution is 2.22. The first-order valence-corrected chi connectivity index (χ1v) is 11.6. The average molecular weight is 488 g/mol. The quantitative estimate of drug-likeness (QED) is 0.381. The predicted octanol–water partition coefficient (Wildman–Crippen LogP) is 4.65. The van der Waals surface area contributed by atoms with Gasteiger partial charge < -0.3 is 4.74 Å². The second-order valence-electron chi connectivity index (χ2n) is 8.36. The normalized spacial score (nSPS) is 11.1. The van der Waals surface area contributed by atoms with E-state index in [9.17, 15) is 9.59 Å². The highest BCUT2D eigenvalue weighted by molar-refractivity contribution is 5.81. The number of nitrogens with zero attached hydrogens (tertiary/aromatic N) is 4. The molecule has 0 fully saturated rings. The highest BCUT2D eigenvalue weighted by Gasteiger charge is 2.18. The number of rotatable bonds is 5. The molecule has 0 amide bonds. The van der Waals surface area contributed by atoms with E-state index in [2.05, 4.69) is 5.43 Å². The van der Waals surface area contributed by atoms with Gasteiger partial charge in [-0.3, -0.25) is 15.0 Å². The zero-order chi connectivity index (χ0) is 25.4. The summed E-state index contributed by atoms with van der Waals surface area (Å²) >= 11 is 0. The zero-order valence-corrected chi connectivity index (χ0v) is 19.8. The lowest BCUT2D eigenvalue weighted by Crippen LogP contribution is -2.33. The smallest absolute Gasteiger partial charge is 0.280 e. The van der Waals surface area contributed by atoms with Gasteiger partial charge in [-0.15, -0.1) is 0 Å². The van der Waals surface area contributed by atoms with Gasteiger partial charge in [0.1, 0.15) is 5.75 Å². The molecule has 0 radical (unpaired) electrons. The molecule has 2 heterocycles. The number of ether oxygens (including phenoxy) is 1. The van der Waals surface area contributed by atoms with E-state index in [-0.39, 0.29) is 17.1 Å². The molecule has 6 rings (SSSR count). The fourth-order valence-electron chi connectivity index (χ4n) is 4.30. The number of anilines is 1. The molecule has 0 aliphatic carbocycles. The lowest BCUT2D eigenvalue weighted by Gasteiger charge is -2.19. The fourth-order valence-corrected chi connectivity index (χ4v) is 4.30. The van der Waals surface area contributed by atoms with Crippen molar-refractivity contribution in [2.24, 2.45) is 0 Å². The molecular weight excluding hydrogens is 466 g/mol. The van der Waals surface area contributed by atoms with Crippen molar-refractivity contribution in [2.45, 2.75) is 0 Å². The van der Waals surface area contributed by atoms with Gasteiger partial charge in [0.05, 0.1) is 34.6 Å². The number of nitrogens with one attached hydrogen (secondary N) is 1. The van der Waals surface area contributed by atoms with E-state index in [1.807, 2.05) is 42.5 Å². The highest BCUT2D eigenvalue weighted by atomic mass is 16.5. The monoisotopic (exact) mass is 487 g/mol. The maximum Gasteiger partial charge on any atom is 0.280 e. The SMILES string of the molecule is COc1ccc(-n2c(Nn3c(-c4ccccc4)nc4ccccc4c3=O)nc3ccccc3c2=O)cc1. The second-order valence-corrected chi connectivity index (χ2v) is 8.36. The molecule has 6 aromatic rings. The van der Waals surface area contributed by atoms with E-state index >= 15 is 0 Å². The molecule has 0 saturated heterocycles. The number of benzene rings is 4. The van der Waals surface area contributed by atoms with E-state index in [4.69, 9.17) is 14.7 Å². The van der Waals surface area contributed by atoms with Gasteiger partial charge in [0.2, 0.25) is 5.95 Å². The van der Waals surface area contributed by atoms with Crippen molar-refractivity contribution in [2.75, 3.05) is 12.5 Å². The lowest BCUT2D eigenvalue weighted by atomic mass is 10.2. The van der Waals surface area contributed by atoms with Crippen LogP contribution in [0.3, 0.4) is 0 Å². The average Bonchev–Trinajstić information content (AvgIpc) is 2.95. The molecule has 37 heavy (non-hydrogen) atoms. The first kappa shape index (κ1) is 22.2. The Morgan fingerprint density at radius 2 is 1.27 bits per heavy atom. The van der Waals surface area contributed by atoms with Crippen molar-refractivity contribution in [1.29, 1.82) is 0 Å². The van der Waals surface area contributed by atoms with Crippen LogP contribution in [0.1, 0.15) is 0 Å². The molecule has 2 aromatic heterocycles. The third-order valence-corrected chi connectivity index (χ3v) is 6.13. The van der Waals surface area contributed by atoms with Gasteiger partial charge in [-0.05, 0) is 48.5 Å². The Hall–Kier alpha value is -5.24. The van der Waals surface area contributed by atoms with Gasteiger partial charge in [-0.2, -0.15) is 4.68 Å². The largest absolute Gasteiger partial charge is 0.497 e. The van der Waals surface area contributed by atoms with Crippen molar-refractivity contribution >= 4 is 27.8 Å². The Morgan fingerprint density at radius 1 is 0.676 bits per heavy atom. The minimum Gasteiger partial charge on any atom is -0.497 e. The number of hydrogen-bond acceptors (Lipinski definition) is 6. The van der Waals surface area contributed by atoms with Crippen LogP contribution >= 0.6 is 0 Å². The summed E-state index contributed by atoms with van der Waals surface area (Å²) in [7, 11) is 1.58. The van der Waals surface area contributed by atoms with E-state index in [1.165, 1.54) is 9.24 Å². The van der Waals surface area contributed by atoms with Crippen LogP contribution in [0.4, 0.5) is 5.95 Å². The number of methoxy groups -OCH3 is 1. The molecule has 0 aliphatic rings. The zero-order valence-electron chi connectivity index (χ0n) is 19.8. The van der Waals surface area contributed by atoms with E-state index < -0.39 is 0 Å². The summed E-state index contributed by atoms with van der Waals surface area (Å²) in [5.74, 6) is 1.22. The van der Waals surface area contributed by atoms with E-state index in [0.29, 0.717) is 39.1 Å².